The summed E-state index contributed by atoms with van der Waals surface area (Å²) in [7, 11) is 0. The molecule has 0 aliphatic rings. The van der Waals surface area contributed by atoms with Gasteiger partial charge in [-0.05, 0) is 79.1 Å². The number of aliphatic hydroxyl groups is 2. The van der Waals surface area contributed by atoms with Crippen molar-refractivity contribution in [2.75, 3.05) is 13.2 Å². The van der Waals surface area contributed by atoms with Crippen LogP contribution < -0.4 is 9.47 Å². The van der Waals surface area contributed by atoms with Crippen LogP contribution in [0.3, 0.4) is 0 Å². The minimum atomic E-state index is -0.639. The highest BCUT2D eigenvalue weighted by Gasteiger charge is 2.18. The molecule has 0 spiro atoms. The van der Waals surface area contributed by atoms with Gasteiger partial charge in [0.05, 0.1) is 24.7 Å². The Balaban J connectivity index is 2.43. The van der Waals surface area contributed by atoms with Gasteiger partial charge < -0.3 is 19.7 Å². The summed E-state index contributed by atoms with van der Waals surface area (Å²) in [5.74, 6) is -0.773. The van der Waals surface area contributed by atoms with Crippen molar-refractivity contribution < 1.29 is 29.3 Å². The maximum absolute atomic E-state index is 12.3. The van der Waals surface area contributed by atoms with Crippen LogP contribution in [0.4, 0.5) is 0 Å². The lowest BCUT2D eigenvalue weighted by molar-refractivity contribution is -0.139. The van der Waals surface area contributed by atoms with Crippen molar-refractivity contribution in [1.82, 2.24) is 0 Å². The molecule has 0 fully saturated rings. The monoisotopic (exact) mass is 552 g/mol. The highest BCUT2D eigenvalue weighted by Crippen LogP contribution is 2.34. The summed E-state index contributed by atoms with van der Waals surface area (Å²) in [6, 6.07) is 11.4. The van der Waals surface area contributed by atoms with E-state index in [0.29, 0.717) is 11.5 Å². The molecule has 0 amide bonds. The van der Waals surface area contributed by atoms with Gasteiger partial charge in [-0.1, -0.05) is 83.9 Å². The Kier molecular flexibility index (Phi) is 15.3. The number of unbranched alkanes of at least 4 members (excludes halogenated alkanes) is 8. The molecule has 6 nitrogen and oxygen atoms in total. The van der Waals surface area contributed by atoms with Crippen LogP contribution in [0, 0.1) is 5.92 Å². The lowest BCUT2D eigenvalue weighted by Gasteiger charge is -2.17. The van der Waals surface area contributed by atoms with Gasteiger partial charge in [-0.25, -0.2) is 4.79 Å². The third kappa shape index (κ3) is 10.9. The van der Waals surface area contributed by atoms with Crippen LogP contribution in [-0.2, 0) is 22.4 Å². The first-order chi connectivity index (χ1) is 19.3. The van der Waals surface area contributed by atoms with E-state index in [1.807, 2.05) is 30.3 Å². The molecule has 220 valence electrons. The Labute approximate surface area is 240 Å². The van der Waals surface area contributed by atoms with Gasteiger partial charge in [-0.2, -0.15) is 0 Å². The molecule has 0 radical (unpaired) electrons. The molecule has 0 bridgehead atoms. The van der Waals surface area contributed by atoms with Gasteiger partial charge in [0.1, 0.15) is 11.5 Å². The number of carbonyl (C=O) groups excluding carboxylic acids is 2. The fourth-order valence-electron chi connectivity index (χ4n) is 4.58. The van der Waals surface area contributed by atoms with Gasteiger partial charge in [-0.15, -0.1) is 0 Å². The Hall–Kier alpha value is -2.96. The van der Waals surface area contributed by atoms with Crippen molar-refractivity contribution in [1.29, 1.82) is 0 Å². The van der Waals surface area contributed by atoms with E-state index in [4.69, 9.17) is 9.47 Å². The van der Waals surface area contributed by atoms with Crippen LogP contribution >= 0.6 is 0 Å². The number of carbonyl (C=O) groups is 2. The van der Waals surface area contributed by atoms with Crippen molar-refractivity contribution in [3.05, 3.63) is 59.7 Å². The summed E-state index contributed by atoms with van der Waals surface area (Å²) in [6.45, 7) is 8.90. The molecular formula is C34H48O6. The summed E-state index contributed by atoms with van der Waals surface area (Å²) in [6.07, 6.45) is 13.2. The van der Waals surface area contributed by atoms with Crippen molar-refractivity contribution >= 4 is 11.9 Å². The number of rotatable bonds is 19. The molecule has 2 aromatic rings. The normalized spacial score (nSPS) is 11.7. The van der Waals surface area contributed by atoms with Crippen LogP contribution in [-0.4, -0.2) is 35.4 Å². The second-order valence-corrected chi connectivity index (χ2v) is 10.6. The number of benzene rings is 2. The van der Waals surface area contributed by atoms with Crippen LogP contribution in [0.1, 0.15) is 96.1 Å². The van der Waals surface area contributed by atoms with E-state index in [9.17, 15) is 19.8 Å². The second-order valence-electron chi connectivity index (χ2n) is 10.6. The third-order valence-corrected chi connectivity index (χ3v) is 7.13. The summed E-state index contributed by atoms with van der Waals surface area (Å²) < 4.78 is 11.1. The average Bonchev–Trinajstić information content (AvgIpc) is 2.96. The van der Waals surface area contributed by atoms with Crippen molar-refractivity contribution in [3.8, 4) is 22.6 Å². The largest absolute Gasteiger partial charge is 0.426 e. The van der Waals surface area contributed by atoms with Gasteiger partial charge in [0, 0.05) is 0 Å². The van der Waals surface area contributed by atoms with Gasteiger partial charge in [0.2, 0.25) is 0 Å². The molecule has 0 aliphatic carbocycles. The smallest absolute Gasteiger partial charge is 0.341 e. The van der Waals surface area contributed by atoms with Crippen LogP contribution in [0.5, 0.6) is 11.5 Å². The summed E-state index contributed by atoms with van der Waals surface area (Å²) in [4.78, 5) is 24.6. The first-order valence-electron chi connectivity index (χ1n) is 14.9. The van der Waals surface area contributed by atoms with Crippen LogP contribution in [0.2, 0.25) is 0 Å². The zero-order chi connectivity index (χ0) is 29.3. The maximum Gasteiger partial charge on any atom is 0.341 e. The van der Waals surface area contributed by atoms with Crippen LogP contribution in [0.25, 0.3) is 11.1 Å². The van der Waals surface area contributed by atoms with E-state index < -0.39 is 24.5 Å². The van der Waals surface area contributed by atoms with Gasteiger partial charge >= 0.3 is 11.9 Å². The Morgan fingerprint density at radius 2 is 1.23 bits per heavy atom. The summed E-state index contributed by atoms with van der Waals surface area (Å²) in [5.41, 5.74) is 4.34. The van der Waals surface area contributed by atoms with E-state index in [1.54, 1.807) is 13.0 Å². The van der Waals surface area contributed by atoms with Gasteiger partial charge in [0.25, 0.3) is 0 Å². The fourth-order valence-corrected chi connectivity index (χ4v) is 4.58. The Morgan fingerprint density at radius 1 is 0.750 bits per heavy atom. The molecule has 2 N–H and O–H groups in total. The maximum atomic E-state index is 12.3. The van der Waals surface area contributed by atoms with Crippen LogP contribution in [0.15, 0.2) is 48.6 Å². The molecule has 2 rings (SSSR count). The minimum absolute atomic E-state index is 0.0104. The predicted molar refractivity (Wildman–Crippen MR) is 161 cm³/mol. The number of aryl methyl sites for hydroxylation is 2. The standard InChI is InChI=1S/C34H48O6/c1-5-7-9-11-13-15-27-21-29(39-33(37)25(3)23-35)17-19-31(27)32-20-18-30(40-34(38)26(4)24-36)22-28(32)16-14-12-10-8-6-2/h17-22,26,35-36H,3,5-16,23-24H2,1-2,4H3. The number of hydrogen-bond acceptors (Lipinski definition) is 6. The number of esters is 2. The second kappa shape index (κ2) is 18.4. The quantitative estimate of drug-likeness (QED) is 0.0818. The first-order valence-corrected chi connectivity index (χ1v) is 14.9. The molecule has 0 saturated heterocycles. The summed E-state index contributed by atoms with van der Waals surface area (Å²) in [5, 5.41) is 18.6. The first kappa shape index (κ1) is 33.2. The highest BCUT2D eigenvalue weighted by molar-refractivity contribution is 5.89. The molecule has 1 atom stereocenters. The lowest BCUT2D eigenvalue weighted by atomic mass is 9.90. The number of aliphatic hydroxyl groups excluding tert-OH is 2. The lowest BCUT2D eigenvalue weighted by Crippen LogP contribution is -2.20. The highest BCUT2D eigenvalue weighted by atomic mass is 16.5. The SMILES string of the molecule is C=C(CO)C(=O)Oc1ccc(-c2ccc(OC(=O)C(C)CO)cc2CCCCCCC)c(CCCCCCC)c1. The predicted octanol–water partition coefficient (Wildman–Crippen LogP) is 7.37. The van der Waals surface area contributed by atoms with E-state index >= 15 is 0 Å². The molecule has 6 heteroatoms. The molecule has 0 heterocycles. The average molecular weight is 553 g/mol. The molecule has 2 aromatic carbocycles. The van der Waals surface area contributed by atoms with Gasteiger partial charge in [0.15, 0.2) is 0 Å². The topological polar surface area (TPSA) is 93.1 Å². The third-order valence-electron chi connectivity index (χ3n) is 7.13. The molecule has 1 unspecified atom stereocenters. The Bertz CT molecular complexity index is 1090. The number of ether oxygens (including phenoxy) is 2. The fraction of sp³-hybridized carbons (Fsp3) is 0.529. The van der Waals surface area contributed by atoms with Crippen molar-refractivity contribution in [3.63, 3.8) is 0 Å². The zero-order valence-electron chi connectivity index (χ0n) is 24.7. The van der Waals surface area contributed by atoms with E-state index in [-0.39, 0.29) is 12.2 Å². The molecule has 0 aromatic heterocycles. The van der Waals surface area contributed by atoms with Gasteiger partial charge in [-0.3, -0.25) is 4.79 Å². The van der Waals surface area contributed by atoms with E-state index in [0.717, 1.165) is 60.8 Å². The molecular weight excluding hydrogens is 504 g/mol. The van der Waals surface area contributed by atoms with Crippen molar-refractivity contribution in [2.45, 2.75) is 97.8 Å². The summed E-state index contributed by atoms with van der Waals surface area (Å²) >= 11 is 0. The molecule has 0 aliphatic heterocycles. The minimum Gasteiger partial charge on any atom is -0.426 e. The van der Waals surface area contributed by atoms with Crippen molar-refractivity contribution in [2.24, 2.45) is 5.92 Å². The Morgan fingerprint density at radius 3 is 1.68 bits per heavy atom. The van der Waals surface area contributed by atoms with E-state index in [1.165, 1.54) is 38.5 Å². The number of hydrogen-bond donors (Lipinski definition) is 2. The van der Waals surface area contributed by atoms with E-state index in [2.05, 4.69) is 20.4 Å². The zero-order valence-corrected chi connectivity index (χ0v) is 24.7. The molecule has 40 heavy (non-hydrogen) atoms. The molecule has 0 saturated carbocycles.